The first-order chi connectivity index (χ1) is 11.9. The van der Waals surface area contributed by atoms with E-state index in [1.54, 1.807) is 0 Å². The third kappa shape index (κ3) is 4.00. The molecule has 0 radical (unpaired) electrons. The highest BCUT2D eigenvalue weighted by molar-refractivity contribution is 5.89. The van der Waals surface area contributed by atoms with Crippen molar-refractivity contribution in [2.24, 2.45) is 0 Å². The number of aryl methyl sites for hydroxylation is 2. The summed E-state index contributed by atoms with van der Waals surface area (Å²) in [7, 11) is 0. The van der Waals surface area contributed by atoms with E-state index >= 15 is 0 Å². The molecule has 0 spiro atoms. The zero-order valence-corrected chi connectivity index (χ0v) is 15.4. The summed E-state index contributed by atoms with van der Waals surface area (Å²) in [6, 6.07) is 5.93. The maximum atomic E-state index is 12.5. The SMILES string of the molecule is Cc1ccc(NC(=O)N2CCC(c3nnc(C(C)C)o3)CC2)cc1C. The van der Waals surface area contributed by atoms with Gasteiger partial charge in [-0.2, -0.15) is 0 Å². The van der Waals surface area contributed by atoms with Gasteiger partial charge in [0, 0.05) is 30.6 Å². The number of nitrogens with one attached hydrogen (secondary N) is 1. The van der Waals surface area contributed by atoms with Gasteiger partial charge < -0.3 is 14.6 Å². The lowest BCUT2D eigenvalue weighted by Crippen LogP contribution is -2.40. The number of aromatic nitrogens is 2. The number of benzene rings is 1. The van der Waals surface area contributed by atoms with Crippen LogP contribution in [0, 0.1) is 13.8 Å². The van der Waals surface area contributed by atoms with Crippen molar-refractivity contribution in [1.82, 2.24) is 15.1 Å². The molecule has 0 bridgehead atoms. The van der Waals surface area contributed by atoms with Gasteiger partial charge in [0.05, 0.1) is 0 Å². The molecule has 0 aliphatic carbocycles. The first-order valence-electron chi connectivity index (χ1n) is 8.90. The average molecular weight is 342 g/mol. The smallest absolute Gasteiger partial charge is 0.321 e. The minimum absolute atomic E-state index is 0.0462. The zero-order chi connectivity index (χ0) is 18.0. The Hall–Kier alpha value is -2.37. The van der Waals surface area contributed by atoms with Crippen LogP contribution in [0.5, 0.6) is 0 Å². The first kappa shape index (κ1) is 17.5. The molecular weight excluding hydrogens is 316 g/mol. The van der Waals surface area contributed by atoms with Crippen LogP contribution in [0.15, 0.2) is 22.6 Å². The van der Waals surface area contributed by atoms with Crippen molar-refractivity contribution < 1.29 is 9.21 Å². The molecule has 0 atom stereocenters. The minimum Gasteiger partial charge on any atom is -0.425 e. The predicted molar refractivity (Wildman–Crippen MR) is 96.9 cm³/mol. The van der Waals surface area contributed by atoms with Crippen molar-refractivity contribution in [2.45, 2.75) is 52.4 Å². The molecule has 1 aliphatic rings. The average Bonchev–Trinajstić information content (AvgIpc) is 3.09. The molecule has 1 aromatic carbocycles. The van der Waals surface area contributed by atoms with Gasteiger partial charge >= 0.3 is 6.03 Å². The van der Waals surface area contributed by atoms with Gasteiger partial charge in [-0.15, -0.1) is 10.2 Å². The van der Waals surface area contributed by atoms with Gasteiger partial charge in [0.1, 0.15) is 0 Å². The maximum Gasteiger partial charge on any atom is 0.321 e. The lowest BCUT2D eigenvalue weighted by Gasteiger charge is -2.30. The van der Waals surface area contributed by atoms with Gasteiger partial charge in [-0.25, -0.2) is 4.79 Å². The second kappa shape index (κ2) is 7.25. The topological polar surface area (TPSA) is 71.3 Å². The van der Waals surface area contributed by atoms with Crippen molar-refractivity contribution in [2.75, 3.05) is 18.4 Å². The van der Waals surface area contributed by atoms with Crippen molar-refractivity contribution in [3.63, 3.8) is 0 Å². The van der Waals surface area contributed by atoms with Gasteiger partial charge in [-0.1, -0.05) is 19.9 Å². The first-order valence-corrected chi connectivity index (χ1v) is 8.90. The second-order valence-electron chi connectivity index (χ2n) is 7.12. The van der Waals surface area contributed by atoms with E-state index in [0.29, 0.717) is 24.9 Å². The number of piperidine rings is 1. The van der Waals surface area contributed by atoms with E-state index in [1.807, 2.05) is 43.9 Å². The van der Waals surface area contributed by atoms with Crippen molar-refractivity contribution in [3.8, 4) is 0 Å². The van der Waals surface area contributed by atoms with Crippen LogP contribution >= 0.6 is 0 Å². The lowest BCUT2D eigenvalue weighted by molar-refractivity contribution is 0.189. The molecule has 1 aliphatic heterocycles. The molecular formula is C19H26N4O2. The number of hydrogen-bond donors (Lipinski definition) is 1. The van der Waals surface area contributed by atoms with Gasteiger partial charge in [-0.05, 0) is 49.9 Å². The Morgan fingerprint density at radius 1 is 1.20 bits per heavy atom. The van der Waals surface area contributed by atoms with Crippen LogP contribution in [0.25, 0.3) is 0 Å². The number of carbonyl (C=O) groups excluding carboxylic acids is 1. The van der Waals surface area contributed by atoms with Crippen LogP contribution in [-0.2, 0) is 0 Å². The van der Waals surface area contributed by atoms with Crippen LogP contribution in [-0.4, -0.2) is 34.2 Å². The Morgan fingerprint density at radius 3 is 2.52 bits per heavy atom. The molecule has 2 heterocycles. The van der Waals surface area contributed by atoms with Gasteiger partial charge in [0.2, 0.25) is 11.8 Å². The van der Waals surface area contributed by atoms with E-state index in [1.165, 1.54) is 11.1 Å². The third-order valence-corrected chi connectivity index (χ3v) is 4.84. The lowest BCUT2D eigenvalue weighted by atomic mass is 9.97. The number of hydrogen-bond acceptors (Lipinski definition) is 4. The fourth-order valence-corrected chi connectivity index (χ4v) is 3.00. The predicted octanol–water partition coefficient (Wildman–Crippen LogP) is 4.22. The van der Waals surface area contributed by atoms with Crippen LogP contribution < -0.4 is 5.32 Å². The van der Waals surface area contributed by atoms with Gasteiger partial charge in [-0.3, -0.25) is 0 Å². The van der Waals surface area contributed by atoms with Crippen molar-refractivity contribution in [3.05, 3.63) is 41.1 Å². The molecule has 25 heavy (non-hydrogen) atoms. The second-order valence-corrected chi connectivity index (χ2v) is 7.12. The number of likely N-dealkylation sites (tertiary alicyclic amines) is 1. The highest BCUT2D eigenvalue weighted by Gasteiger charge is 2.27. The van der Waals surface area contributed by atoms with E-state index in [0.717, 1.165) is 18.5 Å². The van der Waals surface area contributed by atoms with Crippen LogP contribution in [0.4, 0.5) is 10.5 Å². The molecule has 0 saturated carbocycles. The number of rotatable bonds is 3. The third-order valence-electron chi connectivity index (χ3n) is 4.84. The van der Waals surface area contributed by atoms with Crippen molar-refractivity contribution in [1.29, 1.82) is 0 Å². The highest BCUT2D eigenvalue weighted by atomic mass is 16.4. The molecule has 6 heteroatoms. The molecule has 2 aromatic rings. The summed E-state index contributed by atoms with van der Waals surface area (Å²) in [5.41, 5.74) is 3.24. The van der Waals surface area contributed by atoms with E-state index in [9.17, 15) is 4.79 Å². The summed E-state index contributed by atoms with van der Waals surface area (Å²) in [5, 5.41) is 11.3. The molecule has 1 saturated heterocycles. The fourth-order valence-electron chi connectivity index (χ4n) is 3.00. The largest absolute Gasteiger partial charge is 0.425 e. The Bertz CT molecular complexity index is 746. The normalized spacial score (nSPS) is 15.6. The number of carbonyl (C=O) groups is 1. The summed E-state index contributed by atoms with van der Waals surface area (Å²) >= 11 is 0. The number of nitrogens with zero attached hydrogens (tertiary/aromatic N) is 3. The molecule has 6 nitrogen and oxygen atoms in total. The maximum absolute atomic E-state index is 12.5. The standard InChI is InChI=1S/C19H26N4O2/c1-12(2)17-21-22-18(25-17)15-7-9-23(10-8-15)19(24)20-16-6-5-13(3)14(4)11-16/h5-6,11-12,15H,7-10H2,1-4H3,(H,20,24). The van der Waals surface area contributed by atoms with Crippen LogP contribution in [0.1, 0.15) is 61.4 Å². The van der Waals surface area contributed by atoms with Crippen LogP contribution in [0.2, 0.25) is 0 Å². The van der Waals surface area contributed by atoms with Gasteiger partial charge in [0.15, 0.2) is 0 Å². The number of anilines is 1. The number of urea groups is 1. The molecule has 1 N–H and O–H groups in total. The van der Waals surface area contributed by atoms with E-state index in [2.05, 4.69) is 22.4 Å². The van der Waals surface area contributed by atoms with Gasteiger partial charge in [0.25, 0.3) is 0 Å². The monoisotopic (exact) mass is 342 g/mol. The summed E-state index contributed by atoms with van der Waals surface area (Å²) in [4.78, 5) is 14.3. The number of amides is 2. The zero-order valence-electron chi connectivity index (χ0n) is 15.4. The Labute approximate surface area is 148 Å². The minimum atomic E-state index is -0.0462. The summed E-state index contributed by atoms with van der Waals surface area (Å²) in [6.07, 6.45) is 1.69. The molecule has 3 rings (SSSR count). The Balaban J connectivity index is 1.55. The molecule has 1 fully saturated rings. The quantitative estimate of drug-likeness (QED) is 0.906. The fraction of sp³-hybridized carbons (Fsp3) is 0.526. The van der Waals surface area contributed by atoms with E-state index in [-0.39, 0.29) is 17.9 Å². The molecule has 1 aromatic heterocycles. The summed E-state index contributed by atoms with van der Waals surface area (Å²) < 4.78 is 5.76. The highest BCUT2D eigenvalue weighted by Crippen LogP contribution is 2.28. The van der Waals surface area contributed by atoms with Crippen molar-refractivity contribution >= 4 is 11.7 Å². The van der Waals surface area contributed by atoms with E-state index < -0.39 is 0 Å². The van der Waals surface area contributed by atoms with E-state index in [4.69, 9.17) is 4.42 Å². The summed E-state index contributed by atoms with van der Waals surface area (Å²) in [6.45, 7) is 9.58. The summed E-state index contributed by atoms with van der Waals surface area (Å²) in [5.74, 6) is 1.87. The molecule has 134 valence electrons. The molecule has 2 amide bonds. The Morgan fingerprint density at radius 2 is 1.92 bits per heavy atom. The Kier molecular flexibility index (Phi) is 5.06. The molecule has 0 unspecified atom stereocenters. The van der Waals surface area contributed by atoms with Crippen LogP contribution in [0.3, 0.4) is 0 Å².